The Morgan fingerprint density at radius 2 is 2.11 bits per heavy atom. The Kier molecular flexibility index (Phi) is 6.90. The number of rotatable bonds is 8. The molecule has 28 heavy (non-hydrogen) atoms. The van der Waals surface area contributed by atoms with Crippen molar-refractivity contribution in [3.05, 3.63) is 45.3 Å². The Hall–Kier alpha value is -2.57. The van der Waals surface area contributed by atoms with Gasteiger partial charge in [-0.25, -0.2) is 4.98 Å². The van der Waals surface area contributed by atoms with Crippen molar-refractivity contribution in [3.63, 3.8) is 0 Å². The lowest BCUT2D eigenvalue weighted by Gasteiger charge is -2.00. The van der Waals surface area contributed by atoms with E-state index in [0.717, 1.165) is 10.1 Å². The fourth-order valence-corrected chi connectivity index (χ4v) is 4.51. The normalized spacial score (nSPS) is 10.6. The number of carbonyl (C=O) groups is 2. The average molecular weight is 437 g/mol. The van der Waals surface area contributed by atoms with Gasteiger partial charge in [-0.3, -0.25) is 19.7 Å². The topological polar surface area (TPSA) is 130 Å². The SMILES string of the molecule is CCSc1nnc(NC(=O)CCc2csc(NC(=O)c3ccc[nH]c3=O)n2)s1. The van der Waals surface area contributed by atoms with Gasteiger partial charge in [0.15, 0.2) is 9.47 Å². The number of hydrogen-bond acceptors (Lipinski definition) is 9. The summed E-state index contributed by atoms with van der Waals surface area (Å²) in [5.74, 6) is 0.181. The van der Waals surface area contributed by atoms with Crippen molar-refractivity contribution in [1.82, 2.24) is 20.2 Å². The van der Waals surface area contributed by atoms with Crippen molar-refractivity contribution in [3.8, 4) is 0 Å². The molecule has 3 aromatic rings. The minimum atomic E-state index is -0.530. The number of H-pyrrole nitrogens is 1. The Morgan fingerprint density at radius 1 is 1.25 bits per heavy atom. The smallest absolute Gasteiger partial charge is 0.263 e. The zero-order chi connectivity index (χ0) is 19.9. The predicted octanol–water partition coefficient (Wildman–Crippen LogP) is 2.62. The van der Waals surface area contributed by atoms with Gasteiger partial charge in [-0.15, -0.1) is 21.5 Å². The number of aromatic nitrogens is 4. The van der Waals surface area contributed by atoms with Crippen LogP contribution in [0.2, 0.25) is 0 Å². The molecule has 3 N–H and O–H groups in total. The second-order valence-electron chi connectivity index (χ2n) is 5.37. The summed E-state index contributed by atoms with van der Waals surface area (Å²) in [6.45, 7) is 2.02. The van der Waals surface area contributed by atoms with Gasteiger partial charge >= 0.3 is 0 Å². The summed E-state index contributed by atoms with van der Waals surface area (Å²) >= 11 is 4.14. The quantitative estimate of drug-likeness (QED) is 0.365. The molecule has 0 aliphatic carbocycles. The first kappa shape index (κ1) is 20.2. The maximum atomic E-state index is 12.1. The van der Waals surface area contributed by atoms with E-state index in [1.165, 1.54) is 34.9 Å². The van der Waals surface area contributed by atoms with Crippen LogP contribution in [0.5, 0.6) is 0 Å². The first-order valence-electron chi connectivity index (χ1n) is 8.24. The summed E-state index contributed by atoms with van der Waals surface area (Å²) in [5, 5.41) is 15.8. The number of aryl methyl sites for hydroxylation is 1. The largest absolute Gasteiger partial charge is 0.328 e. The zero-order valence-electron chi connectivity index (χ0n) is 14.7. The van der Waals surface area contributed by atoms with Gasteiger partial charge < -0.3 is 10.3 Å². The van der Waals surface area contributed by atoms with Crippen LogP contribution in [-0.2, 0) is 11.2 Å². The molecular formula is C16H16N6O3S3. The highest BCUT2D eigenvalue weighted by Gasteiger charge is 2.13. The third kappa shape index (κ3) is 5.47. The first-order chi connectivity index (χ1) is 13.5. The number of pyridine rings is 1. The third-order valence-corrected chi connectivity index (χ3v) is 6.02. The van der Waals surface area contributed by atoms with Crippen LogP contribution in [0.15, 0.2) is 32.8 Å². The van der Waals surface area contributed by atoms with E-state index >= 15 is 0 Å². The molecule has 0 aromatic carbocycles. The van der Waals surface area contributed by atoms with Crippen molar-refractivity contribution in [2.75, 3.05) is 16.4 Å². The second-order valence-corrected chi connectivity index (χ2v) is 8.71. The molecule has 0 atom stereocenters. The van der Waals surface area contributed by atoms with E-state index in [1.807, 2.05) is 6.92 Å². The fourth-order valence-electron chi connectivity index (χ4n) is 2.11. The van der Waals surface area contributed by atoms with Gasteiger partial charge in [-0.1, -0.05) is 30.0 Å². The van der Waals surface area contributed by atoms with Crippen molar-refractivity contribution >= 4 is 56.5 Å². The van der Waals surface area contributed by atoms with Gasteiger partial charge in [0.05, 0.1) is 5.69 Å². The van der Waals surface area contributed by atoms with Crippen molar-refractivity contribution in [2.24, 2.45) is 0 Å². The van der Waals surface area contributed by atoms with Crippen LogP contribution < -0.4 is 16.2 Å². The van der Waals surface area contributed by atoms with E-state index in [4.69, 9.17) is 0 Å². The van der Waals surface area contributed by atoms with Gasteiger partial charge in [0.2, 0.25) is 11.0 Å². The Bertz CT molecular complexity index is 1030. The van der Waals surface area contributed by atoms with E-state index in [1.54, 1.807) is 23.2 Å². The van der Waals surface area contributed by atoms with Gasteiger partial charge in [-0.05, 0) is 24.3 Å². The molecule has 2 amide bonds. The van der Waals surface area contributed by atoms with Crippen LogP contribution >= 0.6 is 34.4 Å². The molecule has 0 saturated carbocycles. The first-order valence-corrected chi connectivity index (χ1v) is 10.9. The summed E-state index contributed by atoms with van der Waals surface area (Å²) in [6.07, 6.45) is 2.10. The minimum Gasteiger partial charge on any atom is -0.328 e. The van der Waals surface area contributed by atoms with Crippen molar-refractivity contribution in [1.29, 1.82) is 0 Å². The van der Waals surface area contributed by atoms with E-state index in [-0.39, 0.29) is 17.9 Å². The number of hydrogen-bond donors (Lipinski definition) is 3. The van der Waals surface area contributed by atoms with Crippen LogP contribution in [-0.4, -0.2) is 37.7 Å². The average Bonchev–Trinajstić information content (AvgIpc) is 3.30. The van der Waals surface area contributed by atoms with E-state index in [2.05, 4.69) is 30.8 Å². The molecule has 3 heterocycles. The lowest BCUT2D eigenvalue weighted by Crippen LogP contribution is -2.22. The molecule has 0 aliphatic heterocycles. The summed E-state index contributed by atoms with van der Waals surface area (Å²) in [7, 11) is 0. The highest BCUT2D eigenvalue weighted by Crippen LogP contribution is 2.25. The van der Waals surface area contributed by atoms with Crippen molar-refractivity contribution < 1.29 is 9.59 Å². The number of thiazole rings is 1. The monoisotopic (exact) mass is 436 g/mol. The molecule has 0 aliphatic rings. The third-order valence-electron chi connectivity index (χ3n) is 3.36. The zero-order valence-corrected chi connectivity index (χ0v) is 17.2. The molecule has 0 saturated heterocycles. The Balaban J connectivity index is 1.50. The molecule has 3 rings (SSSR count). The van der Waals surface area contributed by atoms with Crippen LogP contribution in [0.25, 0.3) is 0 Å². The molecule has 146 valence electrons. The Labute approximate surface area is 172 Å². The summed E-state index contributed by atoms with van der Waals surface area (Å²) in [5.41, 5.74) is 0.221. The molecule has 0 unspecified atom stereocenters. The van der Waals surface area contributed by atoms with Crippen LogP contribution in [0.3, 0.4) is 0 Å². The number of nitrogens with zero attached hydrogens (tertiary/aromatic N) is 3. The number of nitrogens with one attached hydrogen (secondary N) is 3. The second kappa shape index (κ2) is 9.57. The predicted molar refractivity (Wildman–Crippen MR) is 110 cm³/mol. The molecule has 0 spiro atoms. The van der Waals surface area contributed by atoms with Gasteiger partial charge in [-0.2, -0.15) is 0 Å². The van der Waals surface area contributed by atoms with Crippen molar-refractivity contribution in [2.45, 2.75) is 24.1 Å². The highest BCUT2D eigenvalue weighted by atomic mass is 32.2. The van der Waals surface area contributed by atoms with Gasteiger partial charge in [0.25, 0.3) is 11.5 Å². The number of thioether (sulfide) groups is 1. The molecule has 0 bridgehead atoms. The number of amides is 2. The standard InChI is InChI=1S/C16H16N6O3S3/c1-2-26-16-22-21-15(28-16)19-11(23)6-5-9-8-27-14(18-9)20-13(25)10-4-3-7-17-12(10)24/h3-4,7-8H,2,5-6H2,1H3,(H,17,24)(H,18,20,25)(H,19,21,23). The summed E-state index contributed by atoms with van der Waals surface area (Å²) in [4.78, 5) is 42.5. The number of carbonyl (C=O) groups excluding carboxylic acids is 2. The molecule has 0 radical (unpaired) electrons. The lowest BCUT2D eigenvalue weighted by molar-refractivity contribution is -0.116. The Morgan fingerprint density at radius 3 is 2.89 bits per heavy atom. The van der Waals surface area contributed by atoms with E-state index < -0.39 is 11.5 Å². The van der Waals surface area contributed by atoms with Gasteiger partial charge in [0.1, 0.15) is 5.56 Å². The van der Waals surface area contributed by atoms with Crippen LogP contribution in [0.4, 0.5) is 10.3 Å². The minimum absolute atomic E-state index is 0.0105. The number of anilines is 2. The fraction of sp³-hybridized carbons (Fsp3) is 0.250. The number of aromatic amines is 1. The van der Waals surface area contributed by atoms with Crippen LogP contribution in [0.1, 0.15) is 29.4 Å². The molecular weight excluding hydrogens is 420 g/mol. The molecule has 12 heteroatoms. The van der Waals surface area contributed by atoms with E-state index in [9.17, 15) is 14.4 Å². The van der Waals surface area contributed by atoms with Gasteiger partial charge in [0, 0.05) is 18.0 Å². The van der Waals surface area contributed by atoms with E-state index in [0.29, 0.717) is 22.4 Å². The maximum absolute atomic E-state index is 12.1. The summed E-state index contributed by atoms with van der Waals surface area (Å²) in [6, 6.07) is 3.01. The lowest BCUT2D eigenvalue weighted by atomic mass is 10.2. The van der Waals surface area contributed by atoms with Crippen LogP contribution in [0, 0.1) is 0 Å². The molecule has 9 nitrogen and oxygen atoms in total. The molecule has 0 fully saturated rings. The summed E-state index contributed by atoms with van der Waals surface area (Å²) < 4.78 is 0.815. The maximum Gasteiger partial charge on any atom is 0.263 e. The highest BCUT2D eigenvalue weighted by molar-refractivity contribution is 8.01. The molecule has 3 aromatic heterocycles.